The van der Waals surface area contributed by atoms with Crippen molar-refractivity contribution in [1.82, 2.24) is 4.90 Å². The van der Waals surface area contributed by atoms with E-state index in [2.05, 4.69) is 43.3 Å². The van der Waals surface area contributed by atoms with E-state index in [1.54, 1.807) is 0 Å². The predicted octanol–water partition coefficient (Wildman–Crippen LogP) is 2.57. The highest BCUT2D eigenvalue weighted by atomic mass is 16.5. The van der Waals surface area contributed by atoms with E-state index < -0.39 is 0 Å². The van der Waals surface area contributed by atoms with Crippen LogP contribution in [0.4, 0.5) is 0 Å². The molecule has 1 aromatic carbocycles. The van der Waals surface area contributed by atoms with Gasteiger partial charge < -0.3 is 15.4 Å². The van der Waals surface area contributed by atoms with Crippen molar-refractivity contribution in [2.75, 3.05) is 20.6 Å². The Hall–Kier alpha value is -1.06. The second kappa shape index (κ2) is 6.21. The van der Waals surface area contributed by atoms with Gasteiger partial charge in [-0.15, -0.1) is 0 Å². The fourth-order valence-electron chi connectivity index (χ4n) is 2.61. The number of nitrogens with two attached hydrogens (primary N) is 1. The molecule has 1 atom stereocenters. The number of ether oxygens (including phenoxy) is 1. The summed E-state index contributed by atoms with van der Waals surface area (Å²) in [4.78, 5) is 2.15. The summed E-state index contributed by atoms with van der Waals surface area (Å²) in [6, 6.07) is 8.68. The molecule has 3 nitrogen and oxygen atoms in total. The van der Waals surface area contributed by atoms with E-state index in [1.165, 1.54) is 31.2 Å². The number of nitrogens with zero attached hydrogens (tertiary/aromatic N) is 1. The van der Waals surface area contributed by atoms with Crippen molar-refractivity contribution in [2.45, 2.75) is 37.8 Å². The van der Waals surface area contributed by atoms with Crippen LogP contribution in [0.3, 0.4) is 0 Å². The Bertz CT molecular complexity index is 355. The van der Waals surface area contributed by atoms with Crippen LogP contribution < -0.4 is 10.5 Å². The minimum Gasteiger partial charge on any atom is -0.490 e. The molecule has 100 valence electrons. The molecule has 1 aromatic rings. The van der Waals surface area contributed by atoms with Crippen molar-refractivity contribution in [2.24, 2.45) is 5.73 Å². The molecular formula is C15H24N2O. The molecule has 2 rings (SSSR count). The molecule has 18 heavy (non-hydrogen) atoms. The van der Waals surface area contributed by atoms with E-state index in [4.69, 9.17) is 10.5 Å². The van der Waals surface area contributed by atoms with Gasteiger partial charge in [0.25, 0.3) is 0 Å². The van der Waals surface area contributed by atoms with Gasteiger partial charge in [0.1, 0.15) is 5.75 Å². The van der Waals surface area contributed by atoms with Crippen molar-refractivity contribution in [3.8, 4) is 5.75 Å². The summed E-state index contributed by atoms with van der Waals surface area (Å²) < 4.78 is 5.96. The molecule has 0 bridgehead atoms. The minimum absolute atomic E-state index is 0.283. The van der Waals surface area contributed by atoms with Crippen LogP contribution in [0.5, 0.6) is 5.75 Å². The van der Waals surface area contributed by atoms with E-state index in [1.807, 2.05) is 0 Å². The van der Waals surface area contributed by atoms with Crippen LogP contribution in [-0.2, 0) is 0 Å². The molecule has 0 spiro atoms. The zero-order chi connectivity index (χ0) is 13.0. The Kier molecular flexibility index (Phi) is 4.61. The van der Waals surface area contributed by atoms with Crippen LogP contribution in [0.2, 0.25) is 0 Å². The van der Waals surface area contributed by atoms with Gasteiger partial charge in [-0.1, -0.05) is 12.1 Å². The number of benzene rings is 1. The average molecular weight is 248 g/mol. The molecule has 0 radical (unpaired) electrons. The minimum atomic E-state index is 0.283. The van der Waals surface area contributed by atoms with Gasteiger partial charge in [0.05, 0.1) is 6.10 Å². The molecule has 3 heteroatoms. The van der Waals surface area contributed by atoms with Gasteiger partial charge in [0.2, 0.25) is 0 Å². The van der Waals surface area contributed by atoms with Crippen LogP contribution in [-0.4, -0.2) is 31.6 Å². The predicted molar refractivity (Wildman–Crippen MR) is 74.8 cm³/mol. The third-order valence-electron chi connectivity index (χ3n) is 3.72. The van der Waals surface area contributed by atoms with Gasteiger partial charge in [-0.2, -0.15) is 0 Å². The summed E-state index contributed by atoms with van der Waals surface area (Å²) in [5.41, 5.74) is 7.05. The maximum atomic E-state index is 5.96. The Labute approximate surface area is 110 Å². The van der Waals surface area contributed by atoms with Crippen molar-refractivity contribution < 1.29 is 4.74 Å². The third-order valence-corrected chi connectivity index (χ3v) is 3.72. The molecule has 0 aromatic heterocycles. The molecule has 0 aliphatic heterocycles. The maximum Gasteiger partial charge on any atom is 0.119 e. The van der Waals surface area contributed by atoms with Crippen LogP contribution >= 0.6 is 0 Å². The van der Waals surface area contributed by atoms with E-state index in [0.29, 0.717) is 12.6 Å². The first kappa shape index (κ1) is 13.4. The second-order valence-corrected chi connectivity index (χ2v) is 5.31. The van der Waals surface area contributed by atoms with Gasteiger partial charge in [-0.25, -0.2) is 0 Å². The molecule has 0 heterocycles. The summed E-state index contributed by atoms with van der Waals surface area (Å²) in [7, 11) is 4.11. The lowest BCUT2D eigenvalue weighted by Crippen LogP contribution is -2.27. The molecule has 1 aliphatic carbocycles. The quantitative estimate of drug-likeness (QED) is 0.870. The molecule has 0 saturated heterocycles. The first-order valence-corrected chi connectivity index (χ1v) is 6.84. The lowest BCUT2D eigenvalue weighted by Gasteiger charge is -2.23. The number of hydrogen-bond donors (Lipinski definition) is 1. The van der Waals surface area contributed by atoms with E-state index in [-0.39, 0.29) is 6.04 Å². The lowest BCUT2D eigenvalue weighted by molar-refractivity contribution is 0.210. The van der Waals surface area contributed by atoms with Gasteiger partial charge in [-0.3, -0.25) is 0 Å². The summed E-state index contributed by atoms with van der Waals surface area (Å²) in [5, 5.41) is 0. The number of likely N-dealkylation sites (N-methyl/N-ethyl adjacent to an activating group) is 1. The molecular weight excluding hydrogens is 224 g/mol. The monoisotopic (exact) mass is 248 g/mol. The highest BCUT2D eigenvalue weighted by Gasteiger charge is 2.17. The average Bonchev–Trinajstić information content (AvgIpc) is 2.84. The number of rotatable bonds is 5. The molecule has 2 N–H and O–H groups in total. The van der Waals surface area contributed by atoms with E-state index >= 15 is 0 Å². The molecule has 0 amide bonds. The van der Waals surface area contributed by atoms with Crippen molar-refractivity contribution in [1.29, 1.82) is 0 Å². The SMILES string of the molecule is CN(C)C(CN)c1ccc(OC2CCCC2)cc1. The van der Waals surface area contributed by atoms with Gasteiger partial charge >= 0.3 is 0 Å². The first-order valence-electron chi connectivity index (χ1n) is 6.84. The lowest BCUT2D eigenvalue weighted by atomic mass is 10.1. The molecule has 1 fully saturated rings. The van der Waals surface area contributed by atoms with Crippen molar-refractivity contribution in [3.63, 3.8) is 0 Å². The maximum absolute atomic E-state index is 5.96. The van der Waals surface area contributed by atoms with Crippen LogP contribution in [0.1, 0.15) is 37.3 Å². The fraction of sp³-hybridized carbons (Fsp3) is 0.600. The molecule has 1 saturated carbocycles. The summed E-state index contributed by atoms with van der Waals surface area (Å²) in [6.07, 6.45) is 5.43. The highest BCUT2D eigenvalue weighted by Crippen LogP contribution is 2.25. The highest BCUT2D eigenvalue weighted by molar-refractivity contribution is 5.29. The third kappa shape index (κ3) is 3.24. The van der Waals surface area contributed by atoms with Crippen LogP contribution in [0.25, 0.3) is 0 Å². The van der Waals surface area contributed by atoms with E-state index in [9.17, 15) is 0 Å². The summed E-state index contributed by atoms with van der Waals surface area (Å²) in [5.74, 6) is 0.986. The fourth-order valence-corrected chi connectivity index (χ4v) is 2.61. The molecule has 1 aliphatic rings. The Morgan fingerprint density at radius 3 is 2.33 bits per heavy atom. The molecule has 1 unspecified atom stereocenters. The topological polar surface area (TPSA) is 38.5 Å². The smallest absolute Gasteiger partial charge is 0.119 e. The van der Waals surface area contributed by atoms with E-state index in [0.717, 1.165) is 5.75 Å². The normalized spacial score (nSPS) is 18.2. The summed E-state index contributed by atoms with van der Waals surface area (Å²) >= 11 is 0. The van der Waals surface area contributed by atoms with Gasteiger partial charge in [-0.05, 0) is 57.5 Å². The first-order chi connectivity index (χ1) is 8.70. The largest absolute Gasteiger partial charge is 0.490 e. The Morgan fingerprint density at radius 1 is 1.22 bits per heavy atom. The Balaban J connectivity index is 2.00. The standard InChI is InChI=1S/C15H24N2O/c1-17(2)15(11-16)12-7-9-14(10-8-12)18-13-5-3-4-6-13/h7-10,13,15H,3-6,11,16H2,1-2H3. The summed E-state index contributed by atoms with van der Waals surface area (Å²) in [6.45, 7) is 0.635. The van der Waals surface area contributed by atoms with Crippen molar-refractivity contribution in [3.05, 3.63) is 29.8 Å². The van der Waals surface area contributed by atoms with Crippen LogP contribution in [0, 0.1) is 0 Å². The zero-order valence-electron chi connectivity index (χ0n) is 11.4. The van der Waals surface area contributed by atoms with Gasteiger partial charge in [0.15, 0.2) is 0 Å². The zero-order valence-corrected chi connectivity index (χ0v) is 11.4. The van der Waals surface area contributed by atoms with Crippen LogP contribution in [0.15, 0.2) is 24.3 Å². The second-order valence-electron chi connectivity index (χ2n) is 5.31. The van der Waals surface area contributed by atoms with Gasteiger partial charge in [0, 0.05) is 12.6 Å². The number of hydrogen-bond acceptors (Lipinski definition) is 3. The Morgan fingerprint density at radius 2 is 1.83 bits per heavy atom. The van der Waals surface area contributed by atoms with Crippen molar-refractivity contribution >= 4 is 0 Å².